The molecule has 20 heavy (non-hydrogen) atoms. The molecule has 0 unspecified atom stereocenters. The fraction of sp³-hybridized carbons (Fsp3) is 0.133. The molecule has 0 aromatic heterocycles. The molecule has 0 aliphatic rings. The maximum Gasteiger partial charge on any atom is 0.162 e. The van der Waals surface area contributed by atoms with Gasteiger partial charge >= 0.3 is 0 Å². The van der Waals surface area contributed by atoms with Crippen molar-refractivity contribution in [3.05, 3.63) is 52.5 Å². The molecular formula is C15H13ClN2O2. The van der Waals surface area contributed by atoms with Crippen molar-refractivity contribution in [3.63, 3.8) is 0 Å². The first kappa shape index (κ1) is 14.0. The normalized spacial score (nSPS) is 9.85. The van der Waals surface area contributed by atoms with Crippen molar-refractivity contribution >= 4 is 17.3 Å². The number of anilines is 1. The molecule has 0 heterocycles. The average molecular weight is 289 g/mol. The zero-order valence-corrected chi connectivity index (χ0v) is 11.6. The van der Waals surface area contributed by atoms with Crippen LogP contribution in [0.25, 0.3) is 0 Å². The lowest BCUT2D eigenvalue weighted by atomic mass is 10.1. The van der Waals surface area contributed by atoms with Crippen LogP contribution < -0.4 is 10.1 Å². The van der Waals surface area contributed by atoms with Gasteiger partial charge in [0.2, 0.25) is 0 Å². The predicted octanol–water partition coefficient (Wildman–Crippen LogP) is 3.54. The molecule has 2 rings (SSSR count). The van der Waals surface area contributed by atoms with E-state index in [1.54, 1.807) is 36.4 Å². The molecule has 4 nitrogen and oxygen atoms in total. The lowest BCUT2D eigenvalue weighted by Crippen LogP contribution is -2.01. The van der Waals surface area contributed by atoms with E-state index >= 15 is 0 Å². The molecule has 2 N–H and O–H groups in total. The molecule has 0 bridgehead atoms. The highest BCUT2D eigenvalue weighted by molar-refractivity contribution is 6.33. The second-order valence-corrected chi connectivity index (χ2v) is 4.54. The summed E-state index contributed by atoms with van der Waals surface area (Å²) in [6, 6.07) is 12.3. The summed E-state index contributed by atoms with van der Waals surface area (Å²) < 4.78 is 5.05. The summed E-state index contributed by atoms with van der Waals surface area (Å²) in [5, 5.41) is 22.5. The van der Waals surface area contributed by atoms with E-state index in [9.17, 15) is 5.11 Å². The topological polar surface area (TPSA) is 65.3 Å². The Balaban J connectivity index is 2.19. The smallest absolute Gasteiger partial charge is 0.162 e. The molecule has 0 atom stereocenters. The third kappa shape index (κ3) is 2.95. The molecule has 5 heteroatoms. The third-order valence-corrected chi connectivity index (χ3v) is 3.20. The van der Waals surface area contributed by atoms with Gasteiger partial charge in [0.1, 0.15) is 0 Å². The largest absolute Gasteiger partial charge is 0.504 e. The summed E-state index contributed by atoms with van der Waals surface area (Å²) in [7, 11) is 1.50. The number of phenols is 1. The van der Waals surface area contributed by atoms with Crippen LogP contribution in [0.4, 0.5) is 5.69 Å². The molecule has 102 valence electrons. The number of rotatable bonds is 4. The van der Waals surface area contributed by atoms with Crippen LogP contribution in [0.2, 0.25) is 5.02 Å². The Kier molecular flexibility index (Phi) is 4.34. The minimum absolute atomic E-state index is 0.0926. The number of phenolic OH excluding ortho intramolecular Hbond substituents is 1. The molecule has 2 aromatic carbocycles. The zero-order valence-electron chi connectivity index (χ0n) is 10.9. The SMILES string of the molecule is COc1cccc(CNc2cc(C#N)ccc2Cl)c1O. The number of para-hydroxylation sites is 1. The van der Waals surface area contributed by atoms with E-state index in [0.29, 0.717) is 34.1 Å². The van der Waals surface area contributed by atoms with Crippen LogP contribution in [0.5, 0.6) is 11.5 Å². The molecule has 2 aromatic rings. The summed E-state index contributed by atoms with van der Waals surface area (Å²) in [5.74, 6) is 0.510. The summed E-state index contributed by atoms with van der Waals surface area (Å²) in [6.07, 6.45) is 0. The number of nitrogens with zero attached hydrogens (tertiary/aromatic N) is 1. The average Bonchev–Trinajstić information content (AvgIpc) is 2.47. The van der Waals surface area contributed by atoms with Gasteiger partial charge in [-0.2, -0.15) is 5.26 Å². The number of hydrogen-bond acceptors (Lipinski definition) is 4. The first-order chi connectivity index (χ1) is 9.65. The van der Waals surface area contributed by atoms with Crippen LogP contribution in [0.15, 0.2) is 36.4 Å². The fourth-order valence-electron chi connectivity index (χ4n) is 1.80. The van der Waals surface area contributed by atoms with Crippen LogP contribution in [-0.2, 0) is 6.54 Å². The van der Waals surface area contributed by atoms with E-state index in [4.69, 9.17) is 21.6 Å². The maximum absolute atomic E-state index is 9.99. The van der Waals surface area contributed by atoms with Crippen molar-refractivity contribution in [3.8, 4) is 17.6 Å². The van der Waals surface area contributed by atoms with E-state index in [1.807, 2.05) is 0 Å². The van der Waals surface area contributed by atoms with E-state index in [1.165, 1.54) is 7.11 Å². The second-order valence-electron chi connectivity index (χ2n) is 4.13. The Bertz CT molecular complexity index is 665. The monoisotopic (exact) mass is 288 g/mol. The molecule has 0 aliphatic carbocycles. The van der Waals surface area contributed by atoms with E-state index in [-0.39, 0.29) is 5.75 Å². The van der Waals surface area contributed by atoms with Gasteiger partial charge in [-0.15, -0.1) is 0 Å². The van der Waals surface area contributed by atoms with Crippen molar-refractivity contribution in [2.24, 2.45) is 0 Å². The standard InChI is InChI=1S/C15H13ClN2O2/c1-20-14-4-2-3-11(15(14)19)9-18-13-7-10(8-17)5-6-12(13)16/h2-7,18-19H,9H2,1H3. The Hall–Kier alpha value is -2.38. The highest BCUT2D eigenvalue weighted by Crippen LogP contribution is 2.30. The van der Waals surface area contributed by atoms with Crippen LogP contribution >= 0.6 is 11.6 Å². The molecule has 0 saturated heterocycles. The van der Waals surface area contributed by atoms with Crippen LogP contribution in [-0.4, -0.2) is 12.2 Å². The van der Waals surface area contributed by atoms with Crippen LogP contribution in [0, 0.1) is 11.3 Å². The summed E-state index contributed by atoms with van der Waals surface area (Å²) in [4.78, 5) is 0. The number of nitrogens with one attached hydrogen (secondary N) is 1. The van der Waals surface area contributed by atoms with Gasteiger partial charge < -0.3 is 15.2 Å². The lowest BCUT2D eigenvalue weighted by molar-refractivity contribution is 0.371. The number of methoxy groups -OCH3 is 1. The van der Waals surface area contributed by atoms with Crippen molar-refractivity contribution < 1.29 is 9.84 Å². The molecule has 0 amide bonds. The van der Waals surface area contributed by atoms with E-state index in [2.05, 4.69) is 11.4 Å². The molecule has 0 aliphatic heterocycles. The second kappa shape index (κ2) is 6.18. The molecule has 0 fully saturated rings. The van der Waals surface area contributed by atoms with Gasteiger partial charge in [0, 0.05) is 12.1 Å². The molecule has 0 radical (unpaired) electrons. The number of benzene rings is 2. The first-order valence-corrected chi connectivity index (χ1v) is 6.32. The third-order valence-electron chi connectivity index (χ3n) is 2.87. The van der Waals surface area contributed by atoms with Crippen molar-refractivity contribution in [1.82, 2.24) is 0 Å². The summed E-state index contributed by atoms with van der Waals surface area (Å²) in [5.41, 5.74) is 1.85. The van der Waals surface area contributed by atoms with Crippen molar-refractivity contribution in [2.45, 2.75) is 6.54 Å². The summed E-state index contributed by atoms with van der Waals surface area (Å²) >= 11 is 6.06. The Morgan fingerprint density at radius 2 is 2.15 bits per heavy atom. The van der Waals surface area contributed by atoms with Gasteiger partial charge in [-0.1, -0.05) is 23.7 Å². The fourth-order valence-corrected chi connectivity index (χ4v) is 1.98. The number of hydrogen-bond donors (Lipinski definition) is 2. The van der Waals surface area contributed by atoms with Gasteiger partial charge in [0.05, 0.1) is 29.5 Å². The highest BCUT2D eigenvalue weighted by Gasteiger charge is 2.08. The lowest BCUT2D eigenvalue weighted by Gasteiger charge is -2.11. The number of ether oxygens (including phenoxy) is 1. The number of nitriles is 1. The van der Waals surface area contributed by atoms with Gasteiger partial charge in [0.15, 0.2) is 11.5 Å². The van der Waals surface area contributed by atoms with Gasteiger partial charge in [0.25, 0.3) is 0 Å². The molecule has 0 spiro atoms. The summed E-state index contributed by atoms with van der Waals surface area (Å²) in [6.45, 7) is 0.373. The van der Waals surface area contributed by atoms with Crippen molar-refractivity contribution in [1.29, 1.82) is 5.26 Å². The van der Waals surface area contributed by atoms with E-state index < -0.39 is 0 Å². The van der Waals surface area contributed by atoms with Crippen LogP contribution in [0.1, 0.15) is 11.1 Å². The first-order valence-electron chi connectivity index (χ1n) is 5.94. The van der Waals surface area contributed by atoms with E-state index in [0.717, 1.165) is 0 Å². The Morgan fingerprint density at radius 3 is 2.85 bits per heavy atom. The zero-order chi connectivity index (χ0) is 14.5. The van der Waals surface area contributed by atoms with Gasteiger partial charge in [-0.05, 0) is 24.3 Å². The molecular weight excluding hydrogens is 276 g/mol. The Morgan fingerprint density at radius 1 is 1.35 bits per heavy atom. The number of halogens is 1. The Labute approximate surface area is 122 Å². The van der Waals surface area contributed by atoms with Gasteiger partial charge in [-0.25, -0.2) is 0 Å². The minimum Gasteiger partial charge on any atom is -0.504 e. The van der Waals surface area contributed by atoms with Gasteiger partial charge in [-0.3, -0.25) is 0 Å². The quantitative estimate of drug-likeness (QED) is 0.903. The van der Waals surface area contributed by atoms with Crippen molar-refractivity contribution in [2.75, 3.05) is 12.4 Å². The highest BCUT2D eigenvalue weighted by atomic mass is 35.5. The maximum atomic E-state index is 9.99. The molecule has 0 saturated carbocycles. The van der Waals surface area contributed by atoms with Crippen LogP contribution in [0.3, 0.4) is 0 Å². The number of aromatic hydroxyl groups is 1. The predicted molar refractivity (Wildman–Crippen MR) is 78.2 cm³/mol. The minimum atomic E-state index is 0.0926.